The highest BCUT2D eigenvalue weighted by Gasteiger charge is 2.10. The molecule has 1 aliphatic carbocycles. The van der Waals surface area contributed by atoms with Crippen LogP contribution in [0.25, 0.3) is 0 Å². The lowest BCUT2D eigenvalue weighted by atomic mass is 9.97. The van der Waals surface area contributed by atoms with Crippen molar-refractivity contribution >= 4 is 39.9 Å². The number of hydrogen-bond donors (Lipinski definition) is 2. The van der Waals surface area contributed by atoms with Crippen LogP contribution in [0, 0.1) is 0 Å². The Labute approximate surface area is 174 Å². The zero-order chi connectivity index (χ0) is 19.8. The Morgan fingerprint density at radius 1 is 1.14 bits per heavy atom. The molecule has 1 heterocycles. The van der Waals surface area contributed by atoms with Crippen molar-refractivity contribution < 1.29 is 9.59 Å². The molecular formula is C21H24ClN3O2S. The van der Waals surface area contributed by atoms with E-state index in [0.29, 0.717) is 35.1 Å². The Kier molecular flexibility index (Phi) is 7.62. The summed E-state index contributed by atoms with van der Waals surface area (Å²) in [5, 5.41) is 8.74. The quantitative estimate of drug-likeness (QED) is 0.594. The van der Waals surface area contributed by atoms with Crippen LogP contribution in [0.5, 0.6) is 0 Å². The molecule has 148 valence electrons. The van der Waals surface area contributed by atoms with Gasteiger partial charge in [-0.15, -0.1) is 11.3 Å². The SMILES string of the molecule is O=C(CCc1csc(NC(=O)c2ccc(Cl)cc2)n1)NCCC1=CCCCC1. The molecule has 7 heteroatoms. The molecule has 1 aromatic carbocycles. The monoisotopic (exact) mass is 417 g/mol. The lowest BCUT2D eigenvalue weighted by Crippen LogP contribution is -2.25. The number of carbonyl (C=O) groups excluding carboxylic acids is 2. The van der Waals surface area contributed by atoms with Crippen molar-refractivity contribution in [3.8, 4) is 0 Å². The van der Waals surface area contributed by atoms with Crippen LogP contribution in [0.1, 0.15) is 54.6 Å². The number of carbonyl (C=O) groups is 2. The fourth-order valence-corrected chi connectivity index (χ4v) is 3.94. The van der Waals surface area contributed by atoms with Crippen molar-refractivity contribution in [1.82, 2.24) is 10.3 Å². The second-order valence-corrected chi connectivity index (χ2v) is 8.11. The molecular weight excluding hydrogens is 394 g/mol. The summed E-state index contributed by atoms with van der Waals surface area (Å²) in [6, 6.07) is 6.68. The van der Waals surface area contributed by atoms with E-state index >= 15 is 0 Å². The van der Waals surface area contributed by atoms with Crippen molar-refractivity contribution in [2.24, 2.45) is 0 Å². The van der Waals surface area contributed by atoms with Gasteiger partial charge in [-0.05, 0) is 62.8 Å². The van der Waals surface area contributed by atoms with Gasteiger partial charge >= 0.3 is 0 Å². The third-order valence-corrected chi connectivity index (χ3v) is 5.70. The summed E-state index contributed by atoms with van der Waals surface area (Å²) in [5.41, 5.74) is 2.79. The second kappa shape index (κ2) is 10.4. The van der Waals surface area contributed by atoms with E-state index in [1.54, 1.807) is 24.3 Å². The normalized spacial score (nSPS) is 13.7. The highest BCUT2D eigenvalue weighted by atomic mass is 35.5. The minimum absolute atomic E-state index is 0.0381. The summed E-state index contributed by atoms with van der Waals surface area (Å²) in [6.07, 6.45) is 9.10. The van der Waals surface area contributed by atoms with Crippen LogP contribution in [-0.4, -0.2) is 23.3 Å². The number of halogens is 1. The zero-order valence-corrected chi connectivity index (χ0v) is 17.2. The Balaban J connectivity index is 1.39. The number of anilines is 1. The number of aromatic nitrogens is 1. The van der Waals surface area contributed by atoms with Gasteiger partial charge in [-0.2, -0.15) is 0 Å². The highest BCUT2D eigenvalue weighted by Crippen LogP contribution is 2.20. The first-order valence-corrected chi connectivity index (χ1v) is 10.8. The third-order valence-electron chi connectivity index (χ3n) is 4.64. The van der Waals surface area contributed by atoms with Crippen LogP contribution in [0.3, 0.4) is 0 Å². The van der Waals surface area contributed by atoms with Gasteiger partial charge in [-0.25, -0.2) is 4.98 Å². The van der Waals surface area contributed by atoms with Gasteiger partial charge in [0.15, 0.2) is 5.13 Å². The minimum Gasteiger partial charge on any atom is -0.356 e. The molecule has 5 nitrogen and oxygen atoms in total. The van der Waals surface area contributed by atoms with E-state index in [0.717, 1.165) is 12.1 Å². The van der Waals surface area contributed by atoms with Crippen molar-refractivity contribution in [2.45, 2.75) is 44.9 Å². The second-order valence-electron chi connectivity index (χ2n) is 6.81. The van der Waals surface area contributed by atoms with Crippen molar-refractivity contribution in [2.75, 3.05) is 11.9 Å². The molecule has 0 bridgehead atoms. The lowest BCUT2D eigenvalue weighted by Gasteiger charge is -2.12. The maximum Gasteiger partial charge on any atom is 0.257 e. The van der Waals surface area contributed by atoms with Crippen LogP contribution in [0.15, 0.2) is 41.3 Å². The molecule has 0 radical (unpaired) electrons. The number of nitrogens with zero attached hydrogens (tertiary/aromatic N) is 1. The fraction of sp³-hybridized carbons (Fsp3) is 0.381. The Bertz CT molecular complexity index is 846. The van der Waals surface area contributed by atoms with Crippen LogP contribution in [-0.2, 0) is 11.2 Å². The first-order valence-electron chi connectivity index (χ1n) is 9.56. The van der Waals surface area contributed by atoms with E-state index in [-0.39, 0.29) is 11.8 Å². The van der Waals surface area contributed by atoms with Crippen molar-refractivity contribution in [3.63, 3.8) is 0 Å². The largest absolute Gasteiger partial charge is 0.356 e. The predicted octanol–water partition coefficient (Wildman–Crippen LogP) is 4.99. The molecule has 28 heavy (non-hydrogen) atoms. The Morgan fingerprint density at radius 2 is 1.96 bits per heavy atom. The van der Waals surface area contributed by atoms with Crippen LogP contribution >= 0.6 is 22.9 Å². The number of benzene rings is 1. The van der Waals surface area contributed by atoms with Crippen molar-refractivity contribution in [3.05, 3.63) is 57.6 Å². The zero-order valence-electron chi connectivity index (χ0n) is 15.7. The van der Waals surface area contributed by atoms with E-state index in [1.807, 2.05) is 5.38 Å². The molecule has 1 aliphatic rings. The summed E-state index contributed by atoms with van der Waals surface area (Å²) in [6.45, 7) is 0.699. The summed E-state index contributed by atoms with van der Waals surface area (Å²) in [5.74, 6) is -0.191. The molecule has 0 fully saturated rings. The number of amides is 2. The first-order chi connectivity index (χ1) is 13.6. The van der Waals surface area contributed by atoms with Gasteiger partial charge in [0.25, 0.3) is 5.91 Å². The van der Waals surface area contributed by atoms with Gasteiger partial charge in [0.1, 0.15) is 0 Å². The van der Waals surface area contributed by atoms with E-state index in [2.05, 4.69) is 21.7 Å². The van der Waals surface area contributed by atoms with Gasteiger partial charge in [-0.1, -0.05) is 23.3 Å². The number of allylic oxidation sites excluding steroid dienone is 1. The standard InChI is InChI=1S/C21H24ClN3O2S/c22-17-8-6-16(7-9-17)20(27)25-21-24-18(14-28-21)10-11-19(26)23-13-12-15-4-2-1-3-5-15/h4,6-9,14H,1-3,5,10-13H2,(H,23,26)(H,24,25,27). The van der Waals surface area contributed by atoms with E-state index in [1.165, 1.54) is 42.6 Å². The van der Waals surface area contributed by atoms with Gasteiger partial charge in [0.2, 0.25) is 5.91 Å². The molecule has 0 saturated carbocycles. The minimum atomic E-state index is -0.229. The maximum atomic E-state index is 12.2. The smallest absolute Gasteiger partial charge is 0.257 e. The first kappa shape index (κ1) is 20.6. The number of thiazole rings is 1. The van der Waals surface area contributed by atoms with Crippen molar-refractivity contribution in [1.29, 1.82) is 0 Å². The van der Waals surface area contributed by atoms with Gasteiger partial charge in [-0.3, -0.25) is 14.9 Å². The third kappa shape index (κ3) is 6.46. The van der Waals surface area contributed by atoms with Crippen LogP contribution in [0.4, 0.5) is 5.13 Å². The average Bonchev–Trinajstić information content (AvgIpc) is 3.15. The lowest BCUT2D eigenvalue weighted by molar-refractivity contribution is -0.121. The topological polar surface area (TPSA) is 71.1 Å². The molecule has 0 aliphatic heterocycles. The number of aryl methyl sites for hydroxylation is 1. The molecule has 2 aromatic rings. The number of hydrogen-bond acceptors (Lipinski definition) is 4. The number of nitrogens with one attached hydrogen (secondary N) is 2. The average molecular weight is 418 g/mol. The van der Waals surface area contributed by atoms with Gasteiger partial charge < -0.3 is 5.32 Å². The summed E-state index contributed by atoms with van der Waals surface area (Å²) in [7, 11) is 0. The maximum absolute atomic E-state index is 12.2. The predicted molar refractivity (Wildman–Crippen MR) is 114 cm³/mol. The Hall–Kier alpha value is -2.18. The van der Waals surface area contributed by atoms with Gasteiger partial charge in [0.05, 0.1) is 5.69 Å². The van der Waals surface area contributed by atoms with E-state index in [9.17, 15) is 9.59 Å². The summed E-state index contributed by atoms with van der Waals surface area (Å²) >= 11 is 7.19. The molecule has 2 N–H and O–H groups in total. The van der Waals surface area contributed by atoms with E-state index < -0.39 is 0 Å². The number of rotatable bonds is 8. The van der Waals surface area contributed by atoms with Crippen LogP contribution < -0.4 is 10.6 Å². The summed E-state index contributed by atoms with van der Waals surface area (Å²) in [4.78, 5) is 28.6. The molecule has 3 rings (SSSR count). The summed E-state index contributed by atoms with van der Waals surface area (Å²) < 4.78 is 0. The molecule has 0 spiro atoms. The fourth-order valence-electron chi connectivity index (χ4n) is 3.07. The molecule has 1 aromatic heterocycles. The molecule has 2 amide bonds. The van der Waals surface area contributed by atoms with Gasteiger partial charge in [0, 0.05) is 28.9 Å². The van der Waals surface area contributed by atoms with Crippen LogP contribution in [0.2, 0.25) is 5.02 Å². The highest BCUT2D eigenvalue weighted by molar-refractivity contribution is 7.14. The molecule has 0 atom stereocenters. The molecule has 0 unspecified atom stereocenters. The Morgan fingerprint density at radius 3 is 2.71 bits per heavy atom. The van der Waals surface area contributed by atoms with E-state index in [4.69, 9.17) is 11.6 Å². The molecule has 0 saturated heterocycles.